The van der Waals surface area contributed by atoms with Gasteiger partial charge in [0, 0.05) is 32.7 Å². The molecule has 0 unspecified atom stereocenters. The van der Waals surface area contributed by atoms with Crippen molar-refractivity contribution in [1.82, 2.24) is 14.9 Å². The van der Waals surface area contributed by atoms with Gasteiger partial charge < -0.3 is 10.6 Å². The summed E-state index contributed by atoms with van der Waals surface area (Å²) in [5, 5.41) is 5.78. The van der Waals surface area contributed by atoms with E-state index >= 15 is 0 Å². The third-order valence-electron chi connectivity index (χ3n) is 3.02. The second-order valence-electron chi connectivity index (χ2n) is 4.21. The molecule has 0 aromatic rings. The molecule has 16 heavy (non-hydrogen) atoms. The van der Waals surface area contributed by atoms with E-state index in [0.717, 1.165) is 13.1 Å². The van der Waals surface area contributed by atoms with E-state index in [2.05, 4.69) is 10.6 Å². The fourth-order valence-electron chi connectivity index (χ4n) is 1.86. The first-order valence-electron chi connectivity index (χ1n) is 5.56. The molecular weight excluding hydrogens is 230 g/mol. The Kier molecular flexibility index (Phi) is 3.46. The van der Waals surface area contributed by atoms with Gasteiger partial charge in [0.1, 0.15) is 0 Å². The Labute approximate surface area is 95.4 Å². The molecule has 2 aliphatic heterocycles. The predicted molar refractivity (Wildman–Crippen MR) is 59.3 cm³/mol. The highest BCUT2D eigenvalue weighted by Crippen LogP contribution is 2.11. The fraction of sp³-hybridized carbons (Fsp3) is 0.889. The number of rotatable bonds is 4. The Bertz CT molecular complexity index is 364. The van der Waals surface area contributed by atoms with Gasteiger partial charge in [-0.2, -0.15) is 0 Å². The fourth-order valence-corrected chi connectivity index (χ4v) is 3.39. The van der Waals surface area contributed by atoms with E-state index in [4.69, 9.17) is 0 Å². The van der Waals surface area contributed by atoms with Gasteiger partial charge in [-0.1, -0.05) is 0 Å². The molecule has 2 saturated heterocycles. The highest BCUT2D eigenvalue weighted by molar-refractivity contribution is 7.89. The average Bonchev–Trinajstić information content (AvgIpc) is 2.43. The minimum Gasteiger partial charge on any atom is -0.354 e. The lowest BCUT2D eigenvalue weighted by molar-refractivity contribution is -0.126. The summed E-state index contributed by atoms with van der Waals surface area (Å²) in [5.41, 5.74) is 0. The standard InChI is InChI=1S/C9H17N3O3S/c13-9(8-6-10-7-8)11-2-4-12-3-1-5-16(12,14)15/h8,10H,1-7H2,(H,11,13). The number of hydrogen-bond acceptors (Lipinski definition) is 4. The predicted octanol–water partition coefficient (Wildman–Crippen LogP) is -1.64. The van der Waals surface area contributed by atoms with Crippen molar-refractivity contribution in [3.05, 3.63) is 0 Å². The summed E-state index contributed by atoms with van der Waals surface area (Å²) in [4.78, 5) is 11.4. The van der Waals surface area contributed by atoms with Crippen LogP contribution in [0, 0.1) is 5.92 Å². The van der Waals surface area contributed by atoms with E-state index in [0.29, 0.717) is 26.1 Å². The minimum absolute atomic E-state index is 0.0235. The normalized spacial score (nSPS) is 25.2. The maximum Gasteiger partial charge on any atom is 0.225 e. The summed E-state index contributed by atoms with van der Waals surface area (Å²) in [6.07, 6.45) is 0.697. The number of carbonyl (C=O) groups excluding carboxylic acids is 1. The zero-order chi connectivity index (χ0) is 11.6. The first kappa shape index (κ1) is 11.8. The molecular formula is C9H17N3O3S. The zero-order valence-electron chi connectivity index (χ0n) is 9.11. The van der Waals surface area contributed by atoms with Crippen LogP contribution in [0.3, 0.4) is 0 Å². The van der Waals surface area contributed by atoms with Crippen LogP contribution in [0.5, 0.6) is 0 Å². The van der Waals surface area contributed by atoms with E-state index in [-0.39, 0.29) is 17.6 Å². The molecule has 6 nitrogen and oxygen atoms in total. The molecule has 0 bridgehead atoms. The highest BCUT2D eigenvalue weighted by Gasteiger charge is 2.28. The molecule has 7 heteroatoms. The number of hydrogen-bond donors (Lipinski definition) is 2. The molecule has 1 amide bonds. The monoisotopic (exact) mass is 247 g/mol. The van der Waals surface area contributed by atoms with Crippen LogP contribution in [0.2, 0.25) is 0 Å². The first-order chi connectivity index (χ1) is 7.59. The second kappa shape index (κ2) is 4.68. The first-order valence-corrected chi connectivity index (χ1v) is 7.17. The molecule has 0 aliphatic carbocycles. The van der Waals surface area contributed by atoms with Crippen LogP contribution >= 0.6 is 0 Å². The molecule has 0 radical (unpaired) electrons. The lowest BCUT2D eigenvalue weighted by atomic mass is 10.0. The minimum atomic E-state index is -3.03. The molecule has 2 aliphatic rings. The molecule has 2 rings (SSSR count). The number of nitrogens with zero attached hydrogens (tertiary/aromatic N) is 1. The summed E-state index contributed by atoms with van der Waals surface area (Å²) in [5.74, 6) is 0.332. The van der Waals surface area contributed by atoms with Crippen LogP contribution in [0.4, 0.5) is 0 Å². The quantitative estimate of drug-likeness (QED) is 0.624. The largest absolute Gasteiger partial charge is 0.354 e. The Hall–Kier alpha value is -0.660. The van der Waals surface area contributed by atoms with Gasteiger partial charge in [-0.25, -0.2) is 12.7 Å². The molecule has 0 spiro atoms. The van der Waals surface area contributed by atoms with Gasteiger partial charge in [0.2, 0.25) is 15.9 Å². The number of nitrogens with one attached hydrogen (secondary N) is 2. The van der Waals surface area contributed by atoms with Crippen molar-refractivity contribution in [2.45, 2.75) is 6.42 Å². The van der Waals surface area contributed by atoms with Crippen molar-refractivity contribution in [2.24, 2.45) is 5.92 Å². The summed E-state index contributed by atoms with van der Waals surface area (Å²) in [6.45, 7) is 2.85. The second-order valence-corrected chi connectivity index (χ2v) is 6.30. The lowest BCUT2D eigenvalue weighted by Crippen LogP contribution is -2.51. The van der Waals surface area contributed by atoms with E-state index in [1.54, 1.807) is 0 Å². The number of amides is 1. The van der Waals surface area contributed by atoms with Crippen molar-refractivity contribution >= 4 is 15.9 Å². The van der Waals surface area contributed by atoms with Gasteiger partial charge in [0.15, 0.2) is 0 Å². The van der Waals surface area contributed by atoms with Crippen molar-refractivity contribution in [1.29, 1.82) is 0 Å². The summed E-state index contributed by atoms with van der Waals surface area (Å²) < 4.78 is 24.3. The molecule has 2 N–H and O–H groups in total. The number of sulfonamides is 1. The van der Waals surface area contributed by atoms with Gasteiger partial charge in [-0.3, -0.25) is 4.79 Å². The van der Waals surface area contributed by atoms with E-state index in [9.17, 15) is 13.2 Å². The molecule has 0 aromatic heterocycles. The smallest absolute Gasteiger partial charge is 0.225 e. The molecule has 0 aromatic carbocycles. The Morgan fingerprint density at radius 1 is 1.44 bits per heavy atom. The summed E-state index contributed by atoms with van der Waals surface area (Å²) in [6, 6.07) is 0. The average molecular weight is 247 g/mol. The van der Waals surface area contributed by atoms with Crippen LogP contribution in [0.1, 0.15) is 6.42 Å². The SMILES string of the molecule is O=C(NCCN1CCCS1(=O)=O)C1CNC1. The Balaban J connectivity index is 1.69. The number of carbonyl (C=O) groups is 1. The van der Waals surface area contributed by atoms with Gasteiger partial charge in [0.25, 0.3) is 0 Å². The van der Waals surface area contributed by atoms with Gasteiger partial charge in [0.05, 0.1) is 11.7 Å². The maximum atomic E-state index is 11.4. The van der Waals surface area contributed by atoms with E-state index in [1.165, 1.54) is 4.31 Å². The molecule has 2 heterocycles. The molecule has 0 saturated carbocycles. The Morgan fingerprint density at radius 3 is 2.69 bits per heavy atom. The third-order valence-corrected chi connectivity index (χ3v) is 4.97. The van der Waals surface area contributed by atoms with E-state index in [1.807, 2.05) is 0 Å². The Morgan fingerprint density at radius 2 is 2.19 bits per heavy atom. The van der Waals surface area contributed by atoms with Gasteiger partial charge in [-0.15, -0.1) is 0 Å². The van der Waals surface area contributed by atoms with Crippen LogP contribution in [0.25, 0.3) is 0 Å². The van der Waals surface area contributed by atoms with E-state index < -0.39 is 10.0 Å². The third kappa shape index (κ3) is 2.53. The van der Waals surface area contributed by atoms with Crippen LogP contribution in [-0.4, -0.2) is 57.1 Å². The van der Waals surface area contributed by atoms with Crippen LogP contribution in [-0.2, 0) is 14.8 Å². The highest BCUT2D eigenvalue weighted by atomic mass is 32.2. The molecule has 92 valence electrons. The molecule has 0 atom stereocenters. The van der Waals surface area contributed by atoms with Gasteiger partial charge >= 0.3 is 0 Å². The molecule has 2 fully saturated rings. The topological polar surface area (TPSA) is 78.5 Å². The zero-order valence-corrected chi connectivity index (χ0v) is 9.92. The van der Waals surface area contributed by atoms with Gasteiger partial charge in [-0.05, 0) is 6.42 Å². The van der Waals surface area contributed by atoms with Crippen molar-refractivity contribution in [2.75, 3.05) is 38.5 Å². The lowest BCUT2D eigenvalue weighted by Gasteiger charge is -2.26. The van der Waals surface area contributed by atoms with Crippen molar-refractivity contribution < 1.29 is 13.2 Å². The van der Waals surface area contributed by atoms with Crippen LogP contribution < -0.4 is 10.6 Å². The van der Waals surface area contributed by atoms with Crippen molar-refractivity contribution in [3.63, 3.8) is 0 Å². The summed E-state index contributed by atoms with van der Waals surface area (Å²) >= 11 is 0. The maximum absolute atomic E-state index is 11.4. The van der Waals surface area contributed by atoms with Crippen LogP contribution in [0.15, 0.2) is 0 Å². The summed E-state index contributed by atoms with van der Waals surface area (Å²) in [7, 11) is -3.03. The van der Waals surface area contributed by atoms with Crippen molar-refractivity contribution in [3.8, 4) is 0 Å².